The summed E-state index contributed by atoms with van der Waals surface area (Å²) in [7, 11) is 0. The van der Waals surface area contributed by atoms with Crippen LogP contribution in [-0.2, 0) is 13.3 Å². The van der Waals surface area contributed by atoms with Crippen molar-refractivity contribution in [3.05, 3.63) is 58.0 Å². The van der Waals surface area contributed by atoms with E-state index in [1.54, 1.807) is 35.1 Å². The van der Waals surface area contributed by atoms with Crippen LogP contribution in [0.4, 0.5) is 5.82 Å². The first kappa shape index (κ1) is 18.3. The second-order valence-electron chi connectivity index (χ2n) is 5.51. The van der Waals surface area contributed by atoms with Gasteiger partial charge in [-0.15, -0.1) is 0 Å². The average Bonchev–Trinajstić information content (AvgIpc) is 3.22. The van der Waals surface area contributed by atoms with Crippen LogP contribution in [0.25, 0.3) is 0 Å². The zero-order valence-electron chi connectivity index (χ0n) is 14.2. The Morgan fingerprint density at radius 2 is 2.08 bits per heavy atom. The van der Waals surface area contributed by atoms with Gasteiger partial charge in [0.05, 0.1) is 10.7 Å². The van der Waals surface area contributed by atoms with E-state index < -0.39 is 0 Å². The summed E-state index contributed by atoms with van der Waals surface area (Å²) in [5.74, 6) is 0.758. The van der Waals surface area contributed by atoms with Crippen molar-refractivity contribution in [2.75, 3.05) is 5.32 Å². The molecule has 136 valence electrons. The zero-order chi connectivity index (χ0) is 18.7. The standard InChI is InChI=1S/C17H17Cl2N5O2/c1-3-24-15(9-11(2)21-24)20-17(25)13-7-8-23(22-13)10-26-14-6-4-5-12(18)16(14)19/h4-9H,3,10H2,1-2H3,(H,20,25). The molecule has 0 unspecified atom stereocenters. The van der Waals surface area contributed by atoms with Crippen LogP contribution in [0, 0.1) is 6.92 Å². The number of carbonyl (C=O) groups excluding carboxylic acids is 1. The number of hydrogen-bond donors (Lipinski definition) is 1. The number of ether oxygens (including phenoxy) is 1. The third kappa shape index (κ3) is 4.00. The lowest BCUT2D eigenvalue weighted by Gasteiger charge is -2.08. The van der Waals surface area contributed by atoms with Gasteiger partial charge < -0.3 is 10.1 Å². The highest BCUT2D eigenvalue weighted by Gasteiger charge is 2.13. The summed E-state index contributed by atoms with van der Waals surface area (Å²) in [5.41, 5.74) is 1.10. The van der Waals surface area contributed by atoms with Crippen LogP contribution in [-0.4, -0.2) is 25.5 Å². The van der Waals surface area contributed by atoms with Gasteiger partial charge in [-0.1, -0.05) is 29.3 Å². The minimum atomic E-state index is -0.320. The molecule has 7 nitrogen and oxygen atoms in total. The molecule has 0 aliphatic heterocycles. The van der Waals surface area contributed by atoms with Gasteiger partial charge in [0.1, 0.15) is 16.6 Å². The van der Waals surface area contributed by atoms with Crippen molar-refractivity contribution in [2.24, 2.45) is 0 Å². The van der Waals surface area contributed by atoms with E-state index in [0.717, 1.165) is 5.69 Å². The van der Waals surface area contributed by atoms with E-state index >= 15 is 0 Å². The normalized spacial score (nSPS) is 10.8. The molecule has 1 N–H and O–H groups in total. The number of aryl methyl sites for hydroxylation is 2. The number of anilines is 1. The van der Waals surface area contributed by atoms with Crippen LogP contribution in [0.5, 0.6) is 5.75 Å². The Bertz CT molecular complexity index is 935. The summed E-state index contributed by atoms with van der Waals surface area (Å²) in [5, 5.41) is 12.1. The number of aromatic nitrogens is 4. The van der Waals surface area contributed by atoms with E-state index in [1.165, 1.54) is 4.68 Å². The monoisotopic (exact) mass is 393 g/mol. The van der Waals surface area contributed by atoms with Crippen molar-refractivity contribution in [3.8, 4) is 5.75 Å². The predicted molar refractivity (Wildman–Crippen MR) is 99.9 cm³/mol. The number of carbonyl (C=O) groups is 1. The highest BCUT2D eigenvalue weighted by Crippen LogP contribution is 2.31. The second-order valence-corrected chi connectivity index (χ2v) is 6.29. The van der Waals surface area contributed by atoms with Crippen LogP contribution in [0.1, 0.15) is 23.1 Å². The molecule has 0 radical (unpaired) electrons. The molecule has 0 bridgehead atoms. The number of amides is 1. The first-order valence-electron chi connectivity index (χ1n) is 7.94. The molecule has 1 aromatic carbocycles. The smallest absolute Gasteiger partial charge is 0.277 e. The minimum Gasteiger partial charge on any atom is -0.470 e. The molecule has 0 saturated carbocycles. The maximum Gasteiger partial charge on any atom is 0.277 e. The van der Waals surface area contributed by atoms with E-state index in [0.29, 0.717) is 28.2 Å². The van der Waals surface area contributed by atoms with Gasteiger partial charge >= 0.3 is 0 Å². The highest BCUT2D eigenvalue weighted by atomic mass is 35.5. The van der Waals surface area contributed by atoms with Crippen molar-refractivity contribution in [1.29, 1.82) is 0 Å². The lowest BCUT2D eigenvalue weighted by Crippen LogP contribution is -2.17. The zero-order valence-corrected chi connectivity index (χ0v) is 15.8. The van der Waals surface area contributed by atoms with Gasteiger partial charge in [-0.05, 0) is 32.0 Å². The number of nitrogens with zero attached hydrogens (tertiary/aromatic N) is 4. The summed E-state index contributed by atoms with van der Waals surface area (Å²) < 4.78 is 8.80. The predicted octanol–water partition coefficient (Wildman–Crippen LogP) is 4.00. The summed E-state index contributed by atoms with van der Waals surface area (Å²) in [6.45, 7) is 4.58. The van der Waals surface area contributed by atoms with E-state index in [9.17, 15) is 4.79 Å². The van der Waals surface area contributed by atoms with E-state index in [1.807, 2.05) is 19.9 Å². The summed E-state index contributed by atoms with van der Waals surface area (Å²) >= 11 is 12.0. The fraction of sp³-hybridized carbons (Fsp3) is 0.235. The molecule has 2 heterocycles. The molecule has 0 aliphatic rings. The van der Waals surface area contributed by atoms with E-state index in [2.05, 4.69) is 15.5 Å². The maximum atomic E-state index is 12.4. The van der Waals surface area contributed by atoms with Crippen molar-refractivity contribution in [1.82, 2.24) is 19.6 Å². The van der Waals surface area contributed by atoms with Crippen LogP contribution in [0.3, 0.4) is 0 Å². The third-order valence-electron chi connectivity index (χ3n) is 3.59. The molecule has 0 saturated heterocycles. The van der Waals surface area contributed by atoms with Crippen LogP contribution >= 0.6 is 23.2 Å². The van der Waals surface area contributed by atoms with Crippen molar-refractivity contribution >= 4 is 34.9 Å². The van der Waals surface area contributed by atoms with Crippen LogP contribution < -0.4 is 10.1 Å². The fourth-order valence-corrected chi connectivity index (χ4v) is 2.70. The molecular weight excluding hydrogens is 377 g/mol. The Kier molecular flexibility index (Phi) is 5.49. The van der Waals surface area contributed by atoms with Gasteiger partial charge in [0.2, 0.25) is 0 Å². The van der Waals surface area contributed by atoms with Gasteiger partial charge in [-0.2, -0.15) is 10.2 Å². The van der Waals surface area contributed by atoms with Gasteiger partial charge in [0.25, 0.3) is 5.91 Å². The first-order valence-corrected chi connectivity index (χ1v) is 8.69. The summed E-state index contributed by atoms with van der Waals surface area (Å²) in [6, 6.07) is 8.54. The molecule has 3 aromatic rings. The first-order chi connectivity index (χ1) is 12.5. The number of hydrogen-bond acceptors (Lipinski definition) is 4. The average molecular weight is 394 g/mol. The van der Waals surface area contributed by atoms with Gasteiger partial charge in [0, 0.05) is 18.8 Å². The Hall–Kier alpha value is -2.51. The number of halogens is 2. The molecule has 0 spiro atoms. The largest absolute Gasteiger partial charge is 0.470 e. The van der Waals surface area contributed by atoms with E-state index in [-0.39, 0.29) is 18.3 Å². The number of rotatable bonds is 6. The van der Waals surface area contributed by atoms with Crippen molar-refractivity contribution in [3.63, 3.8) is 0 Å². The van der Waals surface area contributed by atoms with Gasteiger partial charge in [0.15, 0.2) is 12.4 Å². The van der Waals surface area contributed by atoms with Crippen molar-refractivity contribution in [2.45, 2.75) is 27.1 Å². The second kappa shape index (κ2) is 7.80. The molecular formula is C17H17Cl2N5O2. The molecule has 3 rings (SSSR count). The molecule has 1 amide bonds. The molecule has 0 fully saturated rings. The topological polar surface area (TPSA) is 74.0 Å². The van der Waals surface area contributed by atoms with E-state index in [4.69, 9.17) is 27.9 Å². The Labute approximate surface area is 160 Å². The fourth-order valence-electron chi connectivity index (χ4n) is 2.35. The Balaban J connectivity index is 1.65. The molecule has 26 heavy (non-hydrogen) atoms. The molecule has 2 aromatic heterocycles. The summed E-state index contributed by atoms with van der Waals surface area (Å²) in [6.07, 6.45) is 1.65. The highest BCUT2D eigenvalue weighted by molar-refractivity contribution is 6.42. The molecule has 0 aliphatic carbocycles. The van der Waals surface area contributed by atoms with Crippen molar-refractivity contribution < 1.29 is 9.53 Å². The molecule has 9 heteroatoms. The lowest BCUT2D eigenvalue weighted by atomic mass is 10.3. The third-order valence-corrected chi connectivity index (χ3v) is 4.39. The maximum absolute atomic E-state index is 12.4. The minimum absolute atomic E-state index is 0.0966. The Morgan fingerprint density at radius 1 is 1.27 bits per heavy atom. The summed E-state index contributed by atoms with van der Waals surface area (Å²) in [4.78, 5) is 12.4. The lowest BCUT2D eigenvalue weighted by molar-refractivity contribution is 0.101. The SMILES string of the molecule is CCn1nc(C)cc1NC(=O)c1ccn(COc2cccc(Cl)c2Cl)n1. The Morgan fingerprint density at radius 3 is 2.85 bits per heavy atom. The number of benzene rings is 1. The van der Waals surface area contributed by atoms with Crippen LogP contribution in [0.2, 0.25) is 10.0 Å². The van der Waals surface area contributed by atoms with Gasteiger partial charge in [-0.3, -0.25) is 4.79 Å². The number of nitrogens with one attached hydrogen (secondary N) is 1. The van der Waals surface area contributed by atoms with Crippen LogP contribution in [0.15, 0.2) is 36.5 Å². The van der Waals surface area contributed by atoms with Gasteiger partial charge in [-0.25, -0.2) is 9.36 Å². The molecule has 0 atom stereocenters. The quantitative estimate of drug-likeness (QED) is 0.686.